The van der Waals surface area contributed by atoms with Crippen molar-refractivity contribution in [2.45, 2.75) is 6.61 Å². The largest absolute Gasteiger partial charge is 0.488 e. The van der Waals surface area contributed by atoms with Crippen molar-refractivity contribution in [3.05, 3.63) is 71.8 Å². The molecule has 0 radical (unpaired) electrons. The summed E-state index contributed by atoms with van der Waals surface area (Å²) in [6.07, 6.45) is 2.96. The normalized spacial score (nSPS) is 10.6. The molecule has 2 aromatic rings. The number of hydrogen-bond acceptors (Lipinski definition) is 2. The molecule has 2 nitrogen and oxygen atoms in total. The third-order valence-corrected chi connectivity index (χ3v) is 2.68. The van der Waals surface area contributed by atoms with Gasteiger partial charge >= 0.3 is 0 Å². The summed E-state index contributed by atoms with van der Waals surface area (Å²) in [4.78, 5) is 10.7. The van der Waals surface area contributed by atoms with Gasteiger partial charge in [-0.3, -0.25) is 4.79 Å². The summed E-state index contributed by atoms with van der Waals surface area (Å²) in [7, 11) is 0. The van der Waals surface area contributed by atoms with Crippen molar-refractivity contribution in [1.82, 2.24) is 0 Å². The number of ether oxygens (including phenoxy) is 1. The standard InChI is InChI=1S/C16H13ClO2/c17-16(18)11-10-14-8-4-5-9-15(14)19-12-13-6-2-1-3-7-13/h1-11H,12H2. The highest BCUT2D eigenvalue weighted by molar-refractivity contribution is 6.66. The number of allylic oxidation sites excluding steroid dienone is 1. The van der Waals surface area contributed by atoms with Crippen molar-refractivity contribution < 1.29 is 9.53 Å². The van der Waals surface area contributed by atoms with E-state index in [0.29, 0.717) is 6.61 Å². The Morgan fingerprint density at radius 3 is 2.47 bits per heavy atom. The van der Waals surface area contributed by atoms with Crippen LogP contribution in [0.2, 0.25) is 0 Å². The number of benzene rings is 2. The van der Waals surface area contributed by atoms with Gasteiger partial charge in [0.1, 0.15) is 12.4 Å². The van der Waals surface area contributed by atoms with Gasteiger partial charge in [0.25, 0.3) is 0 Å². The second-order valence-corrected chi connectivity index (χ2v) is 4.32. The fourth-order valence-electron chi connectivity index (χ4n) is 1.64. The summed E-state index contributed by atoms with van der Waals surface area (Å²) in [5.74, 6) is 0.723. The van der Waals surface area contributed by atoms with Crippen LogP contribution in [-0.2, 0) is 11.4 Å². The maximum atomic E-state index is 10.7. The van der Waals surface area contributed by atoms with E-state index in [2.05, 4.69) is 0 Å². The molecule has 19 heavy (non-hydrogen) atoms. The van der Waals surface area contributed by atoms with Crippen molar-refractivity contribution in [3.8, 4) is 5.75 Å². The molecule has 0 N–H and O–H groups in total. The number of hydrogen-bond donors (Lipinski definition) is 0. The summed E-state index contributed by atoms with van der Waals surface area (Å²) in [5, 5.41) is -0.502. The summed E-state index contributed by atoms with van der Waals surface area (Å²) in [6, 6.07) is 17.4. The average molecular weight is 273 g/mol. The van der Waals surface area contributed by atoms with E-state index >= 15 is 0 Å². The summed E-state index contributed by atoms with van der Waals surface area (Å²) in [5.41, 5.74) is 1.92. The SMILES string of the molecule is O=C(Cl)C=Cc1ccccc1OCc1ccccc1. The molecule has 2 aromatic carbocycles. The number of para-hydroxylation sites is 1. The van der Waals surface area contributed by atoms with E-state index in [1.165, 1.54) is 6.08 Å². The molecule has 96 valence electrons. The molecule has 0 unspecified atom stereocenters. The molecule has 0 amide bonds. The van der Waals surface area contributed by atoms with Crippen LogP contribution in [0.5, 0.6) is 5.75 Å². The molecular formula is C16H13ClO2. The van der Waals surface area contributed by atoms with Gasteiger partial charge in [0.2, 0.25) is 5.24 Å². The van der Waals surface area contributed by atoms with Crippen LogP contribution in [-0.4, -0.2) is 5.24 Å². The van der Waals surface area contributed by atoms with Crippen LogP contribution in [0.15, 0.2) is 60.7 Å². The lowest BCUT2D eigenvalue weighted by Gasteiger charge is -2.09. The summed E-state index contributed by atoms with van der Waals surface area (Å²) >= 11 is 5.29. The van der Waals surface area contributed by atoms with Crippen LogP contribution in [0.3, 0.4) is 0 Å². The van der Waals surface area contributed by atoms with E-state index in [1.807, 2.05) is 54.6 Å². The van der Waals surface area contributed by atoms with E-state index in [0.717, 1.165) is 16.9 Å². The highest BCUT2D eigenvalue weighted by Gasteiger charge is 2.00. The van der Waals surface area contributed by atoms with Gasteiger partial charge in [-0.1, -0.05) is 48.5 Å². The summed E-state index contributed by atoms with van der Waals surface area (Å²) < 4.78 is 5.75. The van der Waals surface area contributed by atoms with Gasteiger partial charge in [-0.05, 0) is 35.4 Å². The minimum atomic E-state index is -0.502. The molecule has 0 aliphatic heterocycles. The minimum Gasteiger partial charge on any atom is -0.488 e. The molecule has 2 rings (SSSR count). The first-order valence-electron chi connectivity index (χ1n) is 5.89. The lowest BCUT2D eigenvalue weighted by Crippen LogP contribution is -1.96. The zero-order valence-electron chi connectivity index (χ0n) is 10.3. The molecule has 3 heteroatoms. The van der Waals surface area contributed by atoms with E-state index in [4.69, 9.17) is 16.3 Å². The molecule has 0 aromatic heterocycles. The van der Waals surface area contributed by atoms with Gasteiger partial charge in [-0.15, -0.1) is 0 Å². The zero-order valence-corrected chi connectivity index (χ0v) is 11.0. The van der Waals surface area contributed by atoms with Crippen LogP contribution in [0.4, 0.5) is 0 Å². The Kier molecular flexibility index (Phi) is 4.76. The smallest absolute Gasteiger partial charge is 0.245 e. The van der Waals surface area contributed by atoms with Gasteiger partial charge < -0.3 is 4.74 Å². The van der Waals surface area contributed by atoms with Crippen molar-refractivity contribution in [2.75, 3.05) is 0 Å². The summed E-state index contributed by atoms with van der Waals surface area (Å²) in [6.45, 7) is 0.487. The molecule has 0 saturated heterocycles. The van der Waals surface area contributed by atoms with E-state index < -0.39 is 5.24 Å². The van der Waals surface area contributed by atoms with Crippen LogP contribution in [0.1, 0.15) is 11.1 Å². The van der Waals surface area contributed by atoms with Crippen molar-refractivity contribution in [3.63, 3.8) is 0 Å². The second kappa shape index (κ2) is 6.76. The maximum absolute atomic E-state index is 10.7. The number of carbonyl (C=O) groups is 1. The molecule has 0 aliphatic carbocycles. The average Bonchev–Trinajstić information content (AvgIpc) is 2.45. The zero-order chi connectivity index (χ0) is 13.5. The highest BCUT2D eigenvalue weighted by Crippen LogP contribution is 2.20. The van der Waals surface area contributed by atoms with E-state index in [9.17, 15) is 4.79 Å². The third-order valence-electron chi connectivity index (χ3n) is 2.55. The van der Waals surface area contributed by atoms with Gasteiger partial charge in [-0.25, -0.2) is 0 Å². The van der Waals surface area contributed by atoms with Crippen LogP contribution >= 0.6 is 11.6 Å². The Morgan fingerprint density at radius 1 is 1.05 bits per heavy atom. The van der Waals surface area contributed by atoms with E-state index in [-0.39, 0.29) is 0 Å². The molecule has 0 bridgehead atoms. The highest BCUT2D eigenvalue weighted by atomic mass is 35.5. The van der Waals surface area contributed by atoms with Gasteiger partial charge in [0.15, 0.2) is 0 Å². The minimum absolute atomic E-state index is 0.487. The molecule has 0 atom stereocenters. The Balaban J connectivity index is 2.10. The Hall–Kier alpha value is -2.06. The first kappa shape index (κ1) is 13.4. The van der Waals surface area contributed by atoms with Crippen LogP contribution in [0.25, 0.3) is 6.08 Å². The Labute approximate surface area is 117 Å². The fourth-order valence-corrected chi connectivity index (χ4v) is 1.70. The Bertz CT molecular complexity index is 576. The number of carbonyl (C=O) groups excluding carboxylic acids is 1. The van der Waals surface area contributed by atoms with Crippen LogP contribution < -0.4 is 4.74 Å². The topological polar surface area (TPSA) is 26.3 Å². The first-order chi connectivity index (χ1) is 9.25. The molecule has 0 spiro atoms. The maximum Gasteiger partial charge on any atom is 0.245 e. The predicted molar refractivity (Wildman–Crippen MR) is 77.1 cm³/mol. The third kappa shape index (κ3) is 4.27. The van der Waals surface area contributed by atoms with Crippen molar-refractivity contribution in [2.24, 2.45) is 0 Å². The molecule has 0 aliphatic rings. The number of rotatable bonds is 5. The predicted octanol–water partition coefficient (Wildman–Crippen LogP) is 4.04. The van der Waals surface area contributed by atoms with Crippen LogP contribution in [0, 0.1) is 0 Å². The van der Waals surface area contributed by atoms with Gasteiger partial charge in [0, 0.05) is 5.56 Å². The molecule has 0 heterocycles. The van der Waals surface area contributed by atoms with Gasteiger partial charge in [-0.2, -0.15) is 0 Å². The fraction of sp³-hybridized carbons (Fsp3) is 0.0625. The van der Waals surface area contributed by atoms with Crippen molar-refractivity contribution in [1.29, 1.82) is 0 Å². The quantitative estimate of drug-likeness (QED) is 0.606. The lowest BCUT2D eigenvalue weighted by molar-refractivity contribution is -0.107. The molecular weight excluding hydrogens is 260 g/mol. The number of halogens is 1. The monoisotopic (exact) mass is 272 g/mol. The van der Waals surface area contributed by atoms with E-state index in [1.54, 1.807) is 6.08 Å². The Morgan fingerprint density at radius 2 is 1.74 bits per heavy atom. The van der Waals surface area contributed by atoms with Crippen molar-refractivity contribution >= 4 is 22.9 Å². The van der Waals surface area contributed by atoms with Gasteiger partial charge in [0.05, 0.1) is 0 Å². The molecule has 0 fully saturated rings. The second-order valence-electron chi connectivity index (χ2n) is 3.95. The first-order valence-corrected chi connectivity index (χ1v) is 6.27. The lowest BCUT2D eigenvalue weighted by atomic mass is 10.2. The molecule has 0 saturated carbocycles.